The number of ether oxygens (including phenoxy) is 2. The highest BCUT2D eigenvalue weighted by atomic mass is 32.2. The normalized spacial score (nSPS) is 12.4. The van der Waals surface area contributed by atoms with E-state index in [1.54, 1.807) is 0 Å². The average Bonchev–Trinajstić information content (AvgIpc) is 2.72. The molecule has 1 N–H and O–H groups in total. The summed E-state index contributed by atoms with van der Waals surface area (Å²) in [5.41, 5.74) is -1.46. The molecule has 3 aromatic carbocycles. The Morgan fingerprint density at radius 3 is 1.43 bits per heavy atom. The highest BCUT2D eigenvalue weighted by molar-refractivity contribution is 7.86. The van der Waals surface area contributed by atoms with Crippen molar-refractivity contribution in [2.75, 3.05) is 0 Å². The van der Waals surface area contributed by atoms with Crippen LogP contribution in [-0.2, 0) is 10.1 Å². The van der Waals surface area contributed by atoms with Crippen LogP contribution in [0.1, 0.15) is 41.5 Å². The lowest BCUT2D eigenvalue weighted by atomic mass is 9.94. The fourth-order valence-electron chi connectivity index (χ4n) is 3.18. The van der Waals surface area contributed by atoms with Gasteiger partial charge in [-0.1, -0.05) is 36.4 Å². The molecule has 0 saturated carbocycles. The van der Waals surface area contributed by atoms with E-state index in [2.05, 4.69) is 71.9 Å². The molecule has 0 aliphatic carbocycles. The molecule has 37 heavy (non-hydrogen) atoms. The third-order valence-electron chi connectivity index (χ3n) is 4.49. The van der Waals surface area contributed by atoms with E-state index in [1.165, 1.54) is 0 Å². The molecule has 0 amide bonds. The molecule has 0 saturated heterocycles. The van der Waals surface area contributed by atoms with Crippen LogP contribution in [0.5, 0.6) is 11.5 Å². The maximum absolute atomic E-state index is 10.7. The summed E-state index contributed by atoms with van der Waals surface area (Å²) >= 11 is 4.74. The van der Waals surface area contributed by atoms with Gasteiger partial charge in [-0.25, -0.2) is 0 Å². The van der Waals surface area contributed by atoms with Crippen molar-refractivity contribution >= 4 is 22.7 Å². The van der Waals surface area contributed by atoms with E-state index in [1.807, 2.05) is 36.4 Å². The molecule has 0 radical (unpaired) electrons. The molecule has 3 rings (SSSR count). The standard InChI is InChI=1S/C26H30O2S.CHF3O3S/c1-25(2,3)27-20-14-10-18(11-15-20)22-8-7-9-23(29)24(22)19-12-16-21(17-13-19)28-26(4,5)6;2-1(3,4)8(5,6)7/h7-17,29H,1-6H3;(H,5,6,7). The van der Waals surface area contributed by atoms with Gasteiger partial charge in [0.25, 0.3) is 0 Å². The molecule has 0 bridgehead atoms. The highest BCUT2D eigenvalue weighted by Crippen LogP contribution is 2.38. The van der Waals surface area contributed by atoms with Crippen molar-refractivity contribution < 1.29 is 35.6 Å². The maximum atomic E-state index is 10.7. The molecule has 3 aromatic rings. The van der Waals surface area contributed by atoms with Crippen LogP contribution in [-0.4, -0.2) is 29.7 Å². The molecular weight excluding hydrogens is 525 g/mol. The van der Waals surface area contributed by atoms with Gasteiger partial charge in [-0.15, -0.1) is 12.6 Å². The van der Waals surface area contributed by atoms with Gasteiger partial charge in [-0.3, -0.25) is 4.55 Å². The van der Waals surface area contributed by atoms with E-state index >= 15 is 0 Å². The van der Waals surface area contributed by atoms with Crippen molar-refractivity contribution in [1.82, 2.24) is 0 Å². The minimum atomic E-state index is -5.84. The first-order valence-corrected chi connectivity index (χ1v) is 13.1. The summed E-state index contributed by atoms with van der Waals surface area (Å²) < 4.78 is 69.5. The van der Waals surface area contributed by atoms with Gasteiger partial charge >= 0.3 is 15.6 Å². The monoisotopic (exact) mass is 556 g/mol. The Bertz CT molecular complexity index is 1290. The first-order chi connectivity index (χ1) is 16.8. The van der Waals surface area contributed by atoms with Crippen molar-refractivity contribution in [2.45, 2.75) is 63.1 Å². The first-order valence-electron chi connectivity index (χ1n) is 11.2. The molecular formula is C27H31F3O5S2. The zero-order valence-electron chi connectivity index (χ0n) is 21.4. The second-order valence-electron chi connectivity index (χ2n) is 10.1. The van der Waals surface area contributed by atoms with Gasteiger partial charge in [0.2, 0.25) is 0 Å². The molecule has 0 unspecified atom stereocenters. The van der Waals surface area contributed by atoms with Crippen LogP contribution in [0.4, 0.5) is 13.2 Å². The number of benzene rings is 3. The number of hydrogen-bond donors (Lipinski definition) is 2. The minimum absolute atomic E-state index is 0.214. The van der Waals surface area contributed by atoms with Crippen molar-refractivity contribution in [3.05, 3.63) is 66.7 Å². The number of hydrogen-bond acceptors (Lipinski definition) is 5. The summed E-state index contributed by atoms with van der Waals surface area (Å²) in [4.78, 5) is 0.946. The van der Waals surface area contributed by atoms with Crippen molar-refractivity contribution in [3.8, 4) is 33.8 Å². The summed E-state index contributed by atoms with van der Waals surface area (Å²) in [6, 6.07) is 22.7. The minimum Gasteiger partial charge on any atom is -0.488 e. The summed E-state index contributed by atoms with van der Waals surface area (Å²) in [6.07, 6.45) is 0. The van der Waals surface area contributed by atoms with Crippen LogP contribution in [0.25, 0.3) is 22.3 Å². The summed E-state index contributed by atoms with van der Waals surface area (Å²) in [6.45, 7) is 12.3. The average molecular weight is 557 g/mol. The molecule has 10 heteroatoms. The molecule has 0 heterocycles. The zero-order valence-corrected chi connectivity index (χ0v) is 23.1. The number of alkyl halides is 3. The summed E-state index contributed by atoms with van der Waals surface area (Å²) in [5.74, 6) is 1.73. The van der Waals surface area contributed by atoms with E-state index in [9.17, 15) is 13.2 Å². The smallest absolute Gasteiger partial charge is 0.488 e. The van der Waals surface area contributed by atoms with Crippen LogP contribution in [0.3, 0.4) is 0 Å². The number of halogens is 3. The van der Waals surface area contributed by atoms with E-state index in [4.69, 9.17) is 35.1 Å². The fourth-order valence-corrected chi connectivity index (χ4v) is 3.52. The van der Waals surface area contributed by atoms with Gasteiger partial charge in [0.05, 0.1) is 0 Å². The van der Waals surface area contributed by atoms with Crippen LogP contribution in [0, 0.1) is 0 Å². The fraction of sp³-hybridized carbons (Fsp3) is 0.333. The molecule has 0 fully saturated rings. The van der Waals surface area contributed by atoms with Crippen LogP contribution in [0.15, 0.2) is 71.6 Å². The maximum Gasteiger partial charge on any atom is 0.522 e. The second-order valence-corrected chi connectivity index (χ2v) is 12.0. The van der Waals surface area contributed by atoms with Crippen molar-refractivity contribution in [1.29, 1.82) is 0 Å². The van der Waals surface area contributed by atoms with E-state index in [0.717, 1.165) is 38.6 Å². The summed E-state index contributed by atoms with van der Waals surface area (Å²) in [5, 5.41) is 0. The summed E-state index contributed by atoms with van der Waals surface area (Å²) in [7, 11) is -5.84. The van der Waals surface area contributed by atoms with Gasteiger partial charge in [-0.05, 0) is 88.6 Å². The van der Waals surface area contributed by atoms with E-state index < -0.39 is 15.6 Å². The second kappa shape index (κ2) is 11.4. The first kappa shape index (κ1) is 30.5. The largest absolute Gasteiger partial charge is 0.522 e. The Morgan fingerprint density at radius 1 is 0.703 bits per heavy atom. The van der Waals surface area contributed by atoms with Crippen molar-refractivity contribution in [2.24, 2.45) is 0 Å². The SMILES string of the molecule is CC(C)(C)Oc1ccc(-c2cccc(S)c2-c2ccc(OC(C)(C)C)cc2)cc1.O=S(=O)(O)C(F)(F)F. The third-order valence-corrected chi connectivity index (χ3v) is 5.45. The van der Waals surface area contributed by atoms with Gasteiger partial charge < -0.3 is 9.47 Å². The molecule has 0 aliphatic heterocycles. The topological polar surface area (TPSA) is 72.8 Å². The molecule has 0 spiro atoms. The van der Waals surface area contributed by atoms with Gasteiger partial charge in [0, 0.05) is 10.5 Å². The van der Waals surface area contributed by atoms with Crippen LogP contribution < -0.4 is 9.47 Å². The quantitative estimate of drug-likeness (QED) is 0.193. The van der Waals surface area contributed by atoms with E-state index in [0.29, 0.717) is 0 Å². The van der Waals surface area contributed by atoms with E-state index in [-0.39, 0.29) is 11.2 Å². The van der Waals surface area contributed by atoms with Crippen LogP contribution in [0.2, 0.25) is 0 Å². The molecule has 202 valence electrons. The van der Waals surface area contributed by atoms with Crippen molar-refractivity contribution in [3.63, 3.8) is 0 Å². The Hall–Kier alpha value is -2.69. The lowest BCUT2D eigenvalue weighted by Gasteiger charge is -2.22. The van der Waals surface area contributed by atoms with Gasteiger partial charge in [0.1, 0.15) is 22.7 Å². The Morgan fingerprint density at radius 2 is 1.08 bits per heavy atom. The Balaban J connectivity index is 0.000000521. The lowest BCUT2D eigenvalue weighted by Crippen LogP contribution is -2.22. The predicted molar refractivity (Wildman–Crippen MR) is 143 cm³/mol. The highest BCUT2D eigenvalue weighted by Gasteiger charge is 2.44. The van der Waals surface area contributed by atoms with Crippen LogP contribution >= 0.6 is 12.6 Å². The predicted octanol–water partition coefficient (Wildman–Crippen LogP) is 8.06. The van der Waals surface area contributed by atoms with Gasteiger partial charge in [-0.2, -0.15) is 21.6 Å². The lowest BCUT2D eigenvalue weighted by molar-refractivity contribution is -0.0510. The molecule has 0 atom stereocenters. The Kier molecular flexibility index (Phi) is 9.38. The molecule has 0 aliphatic rings. The third kappa shape index (κ3) is 9.60. The Labute approximate surface area is 221 Å². The zero-order chi connectivity index (χ0) is 28.2. The number of thiol groups is 1. The molecule has 5 nitrogen and oxygen atoms in total. The number of rotatable bonds is 4. The molecule has 0 aromatic heterocycles. The van der Waals surface area contributed by atoms with Gasteiger partial charge in [0.15, 0.2) is 0 Å².